The van der Waals surface area contributed by atoms with Crippen molar-refractivity contribution in [2.24, 2.45) is 0 Å². The maximum absolute atomic E-state index is 12.3. The Bertz CT molecular complexity index is 516. The Morgan fingerprint density at radius 3 is 2.67 bits per heavy atom. The van der Waals surface area contributed by atoms with Gasteiger partial charge >= 0.3 is 6.18 Å². The highest BCUT2D eigenvalue weighted by Gasteiger charge is 2.34. The molecule has 0 fully saturated rings. The number of imidazole rings is 1. The van der Waals surface area contributed by atoms with E-state index < -0.39 is 11.9 Å². The molecule has 0 bridgehead atoms. The standard InChI is InChI=1S/C9H6ClF3N2/c1-5-2-3-15-4-6(9(11,12)13)14-8(15)7(5)10/h2-4H,1H3. The molecule has 0 amide bonds. The van der Waals surface area contributed by atoms with Gasteiger partial charge in [-0.25, -0.2) is 4.98 Å². The lowest BCUT2D eigenvalue weighted by atomic mass is 10.3. The summed E-state index contributed by atoms with van der Waals surface area (Å²) in [4.78, 5) is 3.45. The Kier molecular flexibility index (Phi) is 2.15. The van der Waals surface area contributed by atoms with Crippen LogP contribution in [0.3, 0.4) is 0 Å². The first kappa shape index (κ1) is 10.3. The number of nitrogens with zero attached hydrogens (tertiary/aromatic N) is 2. The van der Waals surface area contributed by atoms with Crippen molar-refractivity contribution in [2.45, 2.75) is 13.1 Å². The summed E-state index contributed by atoms with van der Waals surface area (Å²) in [6.07, 6.45) is -2.03. The zero-order valence-electron chi connectivity index (χ0n) is 7.64. The second-order valence-electron chi connectivity index (χ2n) is 3.17. The van der Waals surface area contributed by atoms with Crippen LogP contribution in [0, 0.1) is 6.92 Å². The Hall–Kier alpha value is -1.23. The number of halogens is 4. The smallest absolute Gasteiger partial charge is 0.305 e. The maximum Gasteiger partial charge on any atom is 0.434 e. The second-order valence-corrected chi connectivity index (χ2v) is 3.55. The van der Waals surface area contributed by atoms with Gasteiger partial charge < -0.3 is 4.40 Å². The van der Waals surface area contributed by atoms with Crippen LogP contribution in [0.15, 0.2) is 18.5 Å². The van der Waals surface area contributed by atoms with Crippen LogP contribution in [-0.4, -0.2) is 9.38 Å². The minimum Gasteiger partial charge on any atom is -0.305 e. The summed E-state index contributed by atoms with van der Waals surface area (Å²) in [5.74, 6) is 0. The van der Waals surface area contributed by atoms with Gasteiger partial charge in [-0.05, 0) is 18.6 Å². The van der Waals surface area contributed by atoms with Crippen LogP contribution in [0.1, 0.15) is 11.3 Å². The van der Waals surface area contributed by atoms with Crippen molar-refractivity contribution in [1.82, 2.24) is 9.38 Å². The van der Waals surface area contributed by atoms with Crippen LogP contribution in [-0.2, 0) is 6.18 Å². The van der Waals surface area contributed by atoms with Crippen molar-refractivity contribution < 1.29 is 13.2 Å². The molecule has 0 aliphatic heterocycles. The molecule has 0 atom stereocenters. The minimum absolute atomic E-state index is 0.129. The van der Waals surface area contributed by atoms with Gasteiger partial charge in [0.1, 0.15) is 0 Å². The molecular formula is C9H6ClF3N2. The average molecular weight is 235 g/mol. The molecule has 2 rings (SSSR count). The topological polar surface area (TPSA) is 17.3 Å². The summed E-state index contributed by atoms with van der Waals surface area (Å²) in [7, 11) is 0. The van der Waals surface area contributed by atoms with E-state index in [-0.39, 0.29) is 10.7 Å². The number of hydrogen-bond acceptors (Lipinski definition) is 1. The lowest BCUT2D eigenvalue weighted by Gasteiger charge is -1.98. The van der Waals surface area contributed by atoms with Crippen LogP contribution in [0.4, 0.5) is 13.2 Å². The van der Waals surface area contributed by atoms with Crippen molar-refractivity contribution in [2.75, 3.05) is 0 Å². The normalized spacial score (nSPS) is 12.3. The van der Waals surface area contributed by atoms with Gasteiger partial charge in [-0.2, -0.15) is 13.2 Å². The van der Waals surface area contributed by atoms with Crippen LogP contribution in [0.5, 0.6) is 0 Å². The molecule has 0 aliphatic rings. The van der Waals surface area contributed by atoms with E-state index in [1.54, 1.807) is 13.0 Å². The Morgan fingerprint density at radius 2 is 2.07 bits per heavy atom. The van der Waals surface area contributed by atoms with E-state index in [0.717, 1.165) is 6.20 Å². The SMILES string of the molecule is Cc1ccn2cc(C(F)(F)F)nc2c1Cl. The van der Waals surface area contributed by atoms with Crippen molar-refractivity contribution >= 4 is 17.2 Å². The zero-order valence-corrected chi connectivity index (χ0v) is 8.39. The average Bonchev–Trinajstić information content (AvgIpc) is 2.55. The third-order valence-corrected chi connectivity index (χ3v) is 2.52. The predicted molar refractivity (Wildman–Crippen MR) is 49.9 cm³/mol. The molecule has 0 saturated heterocycles. The molecule has 2 aromatic rings. The molecule has 0 spiro atoms. The highest BCUT2D eigenvalue weighted by Crippen LogP contribution is 2.30. The lowest BCUT2D eigenvalue weighted by molar-refractivity contribution is -0.140. The molecule has 0 N–H and O–H groups in total. The first-order valence-corrected chi connectivity index (χ1v) is 4.48. The predicted octanol–water partition coefficient (Wildman–Crippen LogP) is 3.31. The summed E-state index contributed by atoms with van der Waals surface area (Å²) >= 11 is 5.84. The summed E-state index contributed by atoms with van der Waals surface area (Å²) in [5, 5.41) is 0.244. The molecule has 0 unspecified atom stereocenters. The summed E-state index contributed by atoms with van der Waals surface area (Å²) in [5.41, 5.74) is -0.109. The number of aryl methyl sites for hydroxylation is 1. The van der Waals surface area contributed by atoms with Gasteiger partial charge in [0.05, 0.1) is 5.02 Å². The quantitative estimate of drug-likeness (QED) is 0.684. The van der Waals surface area contributed by atoms with Gasteiger partial charge in [0.2, 0.25) is 0 Å². The number of aromatic nitrogens is 2. The van der Waals surface area contributed by atoms with E-state index in [4.69, 9.17) is 11.6 Å². The molecule has 2 aromatic heterocycles. The molecule has 2 heterocycles. The molecule has 0 saturated carbocycles. The van der Waals surface area contributed by atoms with E-state index in [1.807, 2.05) is 0 Å². The third-order valence-electron chi connectivity index (χ3n) is 2.05. The molecule has 15 heavy (non-hydrogen) atoms. The molecule has 0 aromatic carbocycles. The Morgan fingerprint density at radius 1 is 1.40 bits per heavy atom. The number of alkyl halides is 3. The van der Waals surface area contributed by atoms with E-state index in [1.165, 1.54) is 10.6 Å². The first-order chi connectivity index (χ1) is 6.89. The largest absolute Gasteiger partial charge is 0.434 e. The zero-order chi connectivity index (χ0) is 11.2. The van der Waals surface area contributed by atoms with E-state index in [0.29, 0.717) is 5.56 Å². The number of pyridine rings is 1. The highest BCUT2D eigenvalue weighted by molar-refractivity contribution is 6.34. The molecule has 2 nitrogen and oxygen atoms in total. The van der Waals surface area contributed by atoms with Gasteiger partial charge in [-0.1, -0.05) is 11.6 Å². The van der Waals surface area contributed by atoms with Gasteiger partial charge in [0, 0.05) is 12.4 Å². The van der Waals surface area contributed by atoms with E-state index in [9.17, 15) is 13.2 Å². The number of hydrogen-bond donors (Lipinski definition) is 0. The van der Waals surface area contributed by atoms with Crippen LogP contribution >= 0.6 is 11.6 Å². The molecular weight excluding hydrogens is 229 g/mol. The molecule has 0 aliphatic carbocycles. The van der Waals surface area contributed by atoms with Crippen molar-refractivity contribution in [3.63, 3.8) is 0 Å². The second kappa shape index (κ2) is 3.13. The Balaban J connectivity index is 2.72. The number of rotatable bonds is 0. The summed E-state index contributed by atoms with van der Waals surface area (Å²) < 4.78 is 38.3. The van der Waals surface area contributed by atoms with Crippen molar-refractivity contribution in [1.29, 1.82) is 0 Å². The van der Waals surface area contributed by atoms with Crippen LogP contribution in [0.2, 0.25) is 5.02 Å². The monoisotopic (exact) mass is 234 g/mol. The molecule has 6 heteroatoms. The fourth-order valence-corrected chi connectivity index (χ4v) is 1.45. The third kappa shape index (κ3) is 1.67. The molecule has 0 radical (unpaired) electrons. The van der Waals surface area contributed by atoms with E-state index >= 15 is 0 Å². The minimum atomic E-state index is -4.44. The van der Waals surface area contributed by atoms with Gasteiger partial charge in [-0.3, -0.25) is 0 Å². The fraction of sp³-hybridized carbons (Fsp3) is 0.222. The van der Waals surface area contributed by atoms with Gasteiger partial charge in [0.25, 0.3) is 0 Å². The van der Waals surface area contributed by atoms with Crippen LogP contribution in [0.25, 0.3) is 5.65 Å². The van der Waals surface area contributed by atoms with E-state index in [2.05, 4.69) is 4.98 Å². The van der Waals surface area contributed by atoms with Crippen LogP contribution < -0.4 is 0 Å². The highest BCUT2D eigenvalue weighted by atomic mass is 35.5. The van der Waals surface area contributed by atoms with Crippen molar-refractivity contribution in [3.8, 4) is 0 Å². The maximum atomic E-state index is 12.3. The first-order valence-electron chi connectivity index (χ1n) is 4.10. The molecule has 80 valence electrons. The van der Waals surface area contributed by atoms with Gasteiger partial charge in [-0.15, -0.1) is 0 Å². The van der Waals surface area contributed by atoms with Gasteiger partial charge in [0.15, 0.2) is 11.3 Å². The summed E-state index contributed by atoms with van der Waals surface area (Å²) in [6.45, 7) is 1.71. The Labute approximate surface area is 88.3 Å². The van der Waals surface area contributed by atoms with Crippen molar-refractivity contribution in [3.05, 3.63) is 34.7 Å². The fourth-order valence-electron chi connectivity index (χ4n) is 1.25. The summed E-state index contributed by atoms with van der Waals surface area (Å²) in [6, 6.07) is 1.64. The number of fused-ring (bicyclic) bond motifs is 1. The lowest BCUT2D eigenvalue weighted by Crippen LogP contribution is -2.04.